The Balaban J connectivity index is 1.60. The zero-order valence-electron chi connectivity index (χ0n) is 19.3. The Labute approximate surface area is 205 Å². The Kier molecular flexibility index (Phi) is 5.35. The van der Waals surface area contributed by atoms with Crippen molar-refractivity contribution in [3.05, 3.63) is 155 Å². The van der Waals surface area contributed by atoms with E-state index in [1.165, 1.54) is 38.9 Å². The topological polar surface area (TPSA) is 40.5 Å². The quantitative estimate of drug-likeness (QED) is 0.290. The van der Waals surface area contributed by atoms with E-state index in [-0.39, 0.29) is 29.3 Å². The lowest BCUT2D eigenvalue weighted by molar-refractivity contribution is 0.473. The molecule has 0 aliphatic heterocycles. The van der Waals surface area contributed by atoms with Crippen LogP contribution in [-0.4, -0.2) is 10.2 Å². The van der Waals surface area contributed by atoms with E-state index in [4.69, 9.17) is 0 Å². The maximum absolute atomic E-state index is 10.0. The molecule has 0 saturated carbocycles. The minimum atomic E-state index is 0.116. The van der Waals surface area contributed by atoms with Gasteiger partial charge in [-0.1, -0.05) is 103 Å². The first-order chi connectivity index (χ1) is 17.2. The first kappa shape index (κ1) is 21.2. The summed E-state index contributed by atoms with van der Waals surface area (Å²) in [6.07, 6.45) is 0. The van der Waals surface area contributed by atoms with Gasteiger partial charge < -0.3 is 10.2 Å². The van der Waals surface area contributed by atoms with Gasteiger partial charge in [0.2, 0.25) is 0 Å². The molecule has 5 aromatic carbocycles. The van der Waals surface area contributed by atoms with Crippen LogP contribution in [0.5, 0.6) is 11.5 Å². The van der Waals surface area contributed by atoms with E-state index in [1.807, 2.05) is 30.3 Å². The van der Waals surface area contributed by atoms with Gasteiger partial charge in [0.15, 0.2) is 0 Å². The molecular formula is C33H26O2. The molecule has 0 radical (unpaired) electrons. The number of hydrogen-bond donors (Lipinski definition) is 2. The fourth-order valence-electron chi connectivity index (χ4n) is 5.71. The van der Waals surface area contributed by atoms with E-state index in [1.54, 1.807) is 24.3 Å². The largest absolute Gasteiger partial charge is 0.508 e. The van der Waals surface area contributed by atoms with E-state index in [0.29, 0.717) is 0 Å². The van der Waals surface area contributed by atoms with E-state index in [2.05, 4.69) is 72.8 Å². The summed E-state index contributed by atoms with van der Waals surface area (Å²) in [5.74, 6) is 0.951. The number of benzene rings is 5. The zero-order chi connectivity index (χ0) is 23.8. The average molecular weight is 455 g/mol. The van der Waals surface area contributed by atoms with Crippen molar-refractivity contribution in [3.8, 4) is 22.6 Å². The van der Waals surface area contributed by atoms with Gasteiger partial charge in [-0.05, 0) is 63.2 Å². The highest BCUT2D eigenvalue weighted by Gasteiger charge is 2.43. The maximum Gasteiger partial charge on any atom is 0.115 e. The molecule has 0 fully saturated rings. The maximum atomic E-state index is 10.0. The van der Waals surface area contributed by atoms with Crippen molar-refractivity contribution in [2.24, 2.45) is 0 Å². The van der Waals surface area contributed by atoms with Gasteiger partial charge in [-0.15, -0.1) is 0 Å². The van der Waals surface area contributed by atoms with Gasteiger partial charge in [0.1, 0.15) is 11.5 Å². The molecule has 170 valence electrons. The molecule has 0 amide bonds. The van der Waals surface area contributed by atoms with Crippen molar-refractivity contribution in [1.29, 1.82) is 0 Å². The molecule has 1 aliphatic rings. The Morgan fingerprint density at radius 3 is 1.54 bits per heavy atom. The second kappa shape index (κ2) is 8.81. The van der Waals surface area contributed by atoms with Crippen LogP contribution in [0, 0.1) is 0 Å². The molecule has 2 N–H and O–H groups in total. The minimum Gasteiger partial charge on any atom is -0.508 e. The van der Waals surface area contributed by atoms with E-state index < -0.39 is 0 Å². The molecule has 5 aromatic rings. The Hall–Kier alpha value is -4.30. The van der Waals surface area contributed by atoms with Crippen LogP contribution in [0.15, 0.2) is 127 Å². The summed E-state index contributed by atoms with van der Waals surface area (Å²) in [6.45, 7) is 0. The molecule has 3 atom stereocenters. The van der Waals surface area contributed by atoms with Crippen molar-refractivity contribution >= 4 is 0 Å². The Morgan fingerprint density at radius 1 is 0.400 bits per heavy atom. The van der Waals surface area contributed by atoms with Crippen LogP contribution in [0.25, 0.3) is 11.1 Å². The lowest BCUT2D eigenvalue weighted by atomic mass is 9.75. The molecular weight excluding hydrogens is 428 g/mol. The van der Waals surface area contributed by atoms with Crippen LogP contribution in [0.2, 0.25) is 0 Å². The van der Waals surface area contributed by atoms with Crippen LogP contribution in [0.1, 0.15) is 45.6 Å². The summed E-state index contributed by atoms with van der Waals surface area (Å²) < 4.78 is 0. The van der Waals surface area contributed by atoms with Crippen molar-refractivity contribution in [2.45, 2.75) is 17.8 Å². The van der Waals surface area contributed by atoms with Gasteiger partial charge in [0.25, 0.3) is 0 Å². The molecule has 3 unspecified atom stereocenters. The number of rotatable bonds is 4. The third-order valence-electron chi connectivity index (χ3n) is 7.27. The van der Waals surface area contributed by atoms with Gasteiger partial charge >= 0.3 is 0 Å². The number of phenolic OH excluding ortho intramolecular Hbond substituents is 2. The van der Waals surface area contributed by atoms with Crippen molar-refractivity contribution in [1.82, 2.24) is 0 Å². The molecule has 0 aromatic heterocycles. The molecule has 6 rings (SSSR count). The van der Waals surface area contributed by atoms with Gasteiger partial charge in [-0.2, -0.15) is 0 Å². The second-order valence-corrected chi connectivity index (χ2v) is 9.28. The number of fused-ring (bicyclic) bond motifs is 1. The summed E-state index contributed by atoms with van der Waals surface area (Å²) in [6, 6.07) is 43.4. The monoisotopic (exact) mass is 454 g/mol. The third-order valence-corrected chi connectivity index (χ3v) is 7.27. The van der Waals surface area contributed by atoms with Gasteiger partial charge in [-0.3, -0.25) is 0 Å². The molecule has 2 heteroatoms. The summed E-state index contributed by atoms with van der Waals surface area (Å²) >= 11 is 0. The average Bonchev–Trinajstić information content (AvgIpc) is 3.25. The molecule has 0 saturated heterocycles. The molecule has 1 aliphatic carbocycles. The first-order valence-electron chi connectivity index (χ1n) is 12.0. The van der Waals surface area contributed by atoms with E-state index in [0.717, 1.165) is 0 Å². The summed E-state index contributed by atoms with van der Waals surface area (Å²) in [5.41, 5.74) is 8.69. The zero-order valence-corrected chi connectivity index (χ0v) is 19.3. The van der Waals surface area contributed by atoms with Gasteiger partial charge in [0, 0.05) is 17.8 Å². The van der Waals surface area contributed by atoms with Gasteiger partial charge in [0.05, 0.1) is 0 Å². The van der Waals surface area contributed by atoms with Crippen molar-refractivity contribution in [2.75, 3.05) is 0 Å². The smallest absolute Gasteiger partial charge is 0.115 e. The van der Waals surface area contributed by atoms with Crippen LogP contribution in [-0.2, 0) is 0 Å². The lowest BCUT2D eigenvalue weighted by Gasteiger charge is -2.27. The van der Waals surface area contributed by atoms with Crippen LogP contribution < -0.4 is 0 Å². The SMILES string of the molecule is Oc1ccc(C2c3ccc(-c4ccccc4)cc3C(c3ccccc3)C2c2ccc(O)cc2)cc1. The summed E-state index contributed by atoms with van der Waals surface area (Å²) in [4.78, 5) is 0. The minimum absolute atomic E-state index is 0.116. The van der Waals surface area contributed by atoms with Crippen molar-refractivity contribution in [3.63, 3.8) is 0 Å². The fourth-order valence-corrected chi connectivity index (χ4v) is 5.71. The molecule has 0 heterocycles. The van der Waals surface area contributed by atoms with E-state index in [9.17, 15) is 10.2 Å². The third kappa shape index (κ3) is 3.87. The number of aromatic hydroxyl groups is 2. The normalized spacial score (nSPS) is 18.8. The first-order valence-corrected chi connectivity index (χ1v) is 12.0. The second-order valence-electron chi connectivity index (χ2n) is 9.28. The highest BCUT2D eigenvalue weighted by Crippen LogP contribution is 2.57. The molecule has 0 bridgehead atoms. The predicted octanol–water partition coefficient (Wildman–Crippen LogP) is 7.83. The van der Waals surface area contributed by atoms with Gasteiger partial charge in [-0.25, -0.2) is 0 Å². The highest BCUT2D eigenvalue weighted by molar-refractivity contribution is 5.68. The van der Waals surface area contributed by atoms with Crippen LogP contribution in [0.4, 0.5) is 0 Å². The predicted molar refractivity (Wildman–Crippen MR) is 141 cm³/mol. The molecule has 0 spiro atoms. The lowest BCUT2D eigenvalue weighted by Crippen LogP contribution is -2.13. The standard InChI is InChI=1S/C33H26O2/c34-27-16-11-24(12-17-27)31-29-20-15-26(22-7-3-1-4-8-22)21-30(29)32(23-9-5-2-6-10-23)33(31)25-13-18-28(35)19-14-25/h1-21,31-35H. The molecule has 2 nitrogen and oxygen atoms in total. The van der Waals surface area contributed by atoms with E-state index >= 15 is 0 Å². The summed E-state index contributed by atoms with van der Waals surface area (Å²) in [7, 11) is 0. The summed E-state index contributed by atoms with van der Waals surface area (Å²) in [5, 5.41) is 20.0. The highest BCUT2D eigenvalue weighted by atomic mass is 16.3. The Morgan fingerprint density at radius 2 is 0.914 bits per heavy atom. The number of phenols is 2. The fraction of sp³-hybridized carbons (Fsp3) is 0.0909. The van der Waals surface area contributed by atoms with Crippen LogP contribution in [0.3, 0.4) is 0 Å². The Bertz CT molecular complexity index is 1440. The van der Waals surface area contributed by atoms with Crippen LogP contribution >= 0.6 is 0 Å². The van der Waals surface area contributed by atoms with Crippen molar-refractivity contribution < 1.29 is 10.2 Å². The molecule has 35 heavy (non-hydrogen) atoms. The number of hydrogen-bond acceptors (Lipinski definition) is 2.